The van der Waals surface area contributed by atoms with Crippen molar-refractivity contribution < 1.29 is 27.3 Å². The van der Waals surface area contributed by atoms with Crippen molar-refractivity contribution in [3.63, 3.8) is 0 Å². The molecule has 0 amide bonds. The maximum atomic E-state index is 12.5. The van der Waals surface area contributed by atoms with Gasteiger partial charge in [-0.25, -0.2) is 0 Å². The summed E-state index contributed by atoms with van der Waals surface area (Å²) in [6.07, 6.45) is 0. The number of alkyl halides is 2. The highest BCUT2D eigenvalue weighted by Gasteiger charge is 2.21. The maximum absolute atomic E-state index is 12.5. The number of halogens is 2. The molecule has 0 radical (unpaired) electrons. The largest absolute Gasteiger partial charge is 0.493 e. The lowest BCUT2D eigenvalue weighted by atomic mass is 10.2. The average molecular weight is 435 g/mol. The lowest BCUT2D eigenvalue weighted by Gasteiger charge is -2.33. The van der Waals surface area contributed by atoms with Gasteiger partial charge in [0, 0.05) is 44.4 Å². The Morgan fingerprint density at radius 2 is 1.74 bits per heavy atom. The standard InChI is InChI=1S/C20H23F2N5O4/c1-13-9-15(24-30-13)11-26-5-7-27(8-6-26)12-18-23-19(25-31-18)14-3-4-16(29-20(21)22)17(10-14)28-2/h3-4,9-10,20H,5-8,11-12H2,1-2H3. The van der Waals surface area contributed by atoms with Crippen molar-refractivity contribution in [3.05, 3.63) is 41.6 Å². The van der Waals surface area contributed by atoms with Gasteiger partial charge in [-0.05, 0) is 25.1 Å². The molecular formula is C20H23F2N5O4. The number of aromatic nitrogens is 3. The first-order valence-corrected chi connectivity index (χ1v) is 9.83. The molecule has 0 atom stereocenters. The summed E-state index contributed by atoms with van der Waals surface area (Å²) in [5.74, 6) is 1.78. The maximum Gasteiger partial charge on any atom is 0.387 e. The molecule has 11 heteroatoms. The summed E-state index contributed by atoms with van der Waals surface area (Å²) in [6.45, 7) is 3.78. The summed E-state index contributed by atoms with van der Waals surface area (Å²) in [7, 11) is 1.38. The molecule has 166 valence electrons. The highest BCUT2D eigenvalue weighted by atomic mass is 19.3. The van der Waals surface area contributed by atoms with Gasteiger partial charge in [-0.3, -0.25) is 9.80 Å². The van der Waals surface area contributed by atoms with E-state index in [1.807, 2.05) is 13.0 Å². The molecule has 1 aromatic carbocycles. The molecule has 1 saturated heterocycles. The van der Waals surface area contributed by atoms with Crippen molar-refractivity contribution in [1.82, 2.24) is 25.1 Å². The Kier molecular flexibility index (Phi) is 6.42. The number of rotatable bonds is 8. The summed E-state index contributed by atoms with van der Waals surface area (Å²) in [5.41, 5.74) is 1.52. The molecule has 3 aromatic rings. The minimum Gasteiger partial charge on any atom is -0.493 e. The van der Waals surface area contributed by atoms with E-state index in [4.69, 9.17) is 13.8 Å². The molecule has 0 spiro atoms. The summed E-state index contributed by atoms with van der Waals surface area (Å²) >= 11 is 0. The van der Waals surface area contributed by atoms with Gasteiger partial charge in [-0.15, -0.1) is 0 Å². The number of hydrogen-bond donors (Lipinski definition) is 0. The normalized spacial score (nSPS) is 15.5. The van der Waals surface area contributed by atoms with Crippen LogP contribution in [0.5, 0.6) is 11.5 Å². The third-order valence-corrected chi connectivity index (χ3v) is 4.99. The van der Waals surface area contributed by atoms with Crippen molar-refractivity contribution in [2.75, 3.05) is 33.3 Å². The van der Waals surface area contributed by atoms with E-state index in [-0.39, 0.29) is 11.5 Å². The second-order valence-electron chi connectivity index (χ2n) is 7.24. The van der Waals surface area contributed by atoms with Gasteiger partial charge in [-0.2, -0.15) is 13.8 Å². The van der Waals surface area contributed by atoms with Crippen molar-refractivity contribution in [3.8, 4) is 22.9 Å². The van der Waals surface area contributed by atoms with Crippen LogP contribution in [0.1, 0.15) is 17.3 Å². The second kappa shape index (κ2) is 9.40. The Labute approximate surface area is 177 Å². The third-order valence-electron chi connectivity index (χ3n) is 4.99. The molecule has 0 N–H and O–H groups in total. The van der Waals surface area contributed by atoms with E-state index in [1.54, 1.807) is 6.07 Å². The molecule has 1 aliphatic heterocycles. The predicted molar refractivity (Wildman–Crippen MR) is 105 cm³/mol. The fourth-order valence-electron chi connectivity index (χ4n) is 3.45. The summed E-state index contributed by atoms with van der Waals surface area (Å²) in [6, 6.07) is 6.47. The van der Waals surface area contributed by atoms with Gasteiger partial charge in [0.25, 0.3) is 0 Å². The molecular weight excluding hydrogens is 412 g/mol. The average Bonchev–Trinajstić information content (AvgIpc) is 3.38. The first-order chi connectivity index (χ1) is 15.0. The second-order valence-corrected chi connectivity index (χ2v) is 7.24. The van der Waals surface area contributed by atoms with Crippen LogP contribution < -0.4 is 9.47 Å². The van der Waals surface area contributed by atoms with Crippen molar-refractivity contribution in [2.24, 2.45) is 0 Å². The molecule has 1 aliphatic rings. The smallest absolute Gasteiger partial charge is 0.387 e. The Balaban J connectivity index is 1.33. The molecule has 0 aliphatic carbocycles. The molecule has 2 aromatic heterocycles. The third kappa shape index (κ3) is 5.36. The highest BCUT2D eigenvalue weighted by molar-refractivity contribution is 5.60. The number of hydrogen-bond acceptors (Lipinski definition) is 9. The lowest BCUT2D eigenvalue weighted by molar-refractivity contribution is -0.0512. The summed E-state index contributed by atoms with van der Waals surface area (Å²) in [5, 5.41) is 8.05. The van der Waals surface area contributed by atoms with E-state index in [1.165, 1.54) is 19.2 Å². The Bertz CT molecular complexity index is 1000. The summed E-state index contributed by atoms with van der Waals surface area (Å²) < 4.78 is 45.0. The van der Waals surface area contributed by atoms with Crippen LogP contribution in [-0.2, 0) is 13.1 Å². The highest BCUT2D eigenvalue weighted by Crippen LogP contribution is 2.32. The SMILES string of the molecule is COc1cc(-c2noc(CN3CCN(Cc4cc(C)on4)CC3)n2)ccc1OC(F)F. The number of ether oxygens (including phenoxy) is 2. The van der Waals surface area contributed by atoms with Crippen LogP contribution in [0.3, 0.4) is 0 Å². The molecule has 31 heavy (non-hydrogen) atoms. The van der Waals surface area contributed by atoms with Gasteiger partial charge in [0.2, 0.25) is 11.7 Å². The number of piperazine rings is 1. The van der Waals surface area contributed by atoms with Crippen LogP contribution in [0.15, 0.2) is 33.3 Å². The van der Waals surface area contributed by atoms with E-state index in [2.05, 4.69) is 29.8 Å². The number of methoxy groups -OCH3 is 1. The molecule has 3 heterocycles. The van der Waals surface area contributed by atoms with Crippen LogP contribution >= 0.6 is 0 Å². The van der Waals surface area contributed by atoms with Gasteiger partial charge < -0.3 is 18.5 Å². The van der Waals surface area contributed by atoms with Crippen molar-refractivity contribution >= 4 is 0 Å². The van der Waals surface area contributed by atoms with Gasteiger partial charge in [0.15, 0.2) is 11.5 Å². The minimum atomic E-state index is -2.93. The Morgan fingerprint density at radius 1 is 1.00 bits per heavy atom. The molecule has 9 nitrogen and oxygen atoms in total. The molecule has 1 fully saturated rings. The van der Waals surface area contributed by atoms with Gasteiger partial charge in [0.1, 0.15) is 5.76 Å². The van der Waals surface area contributed by atoms with Crippen molar-refractivity contribution in [2.45, 2.75) is 26.6 Å². The van der Waals surface area contributed by atoms with Crippen LogP contribution in [0, 0.1) is 6.92 Å². The quantitative estimate of drug-likeness (QED) is 0.530. The Hall–Kier alpha value is -3.05. The van der Waals surface area contributed by atoms with E-state index in [0.717, 1.165) is 44.2 Å². The number of aryl methyl sites for hydroxylation is 1. The van der Waals surface area contributed by atoms with E-state index >= 15 is 0 Å². The topological polar surface area (TPSA) is 89.9 Å². The van der Waals surface area contributed by atoms with Gasteiger partial charge in [-0.1, -0.05) is 10.3 Å². The van der Waals surface area contributed by atoms with E-state index in [0.29, 0.717) is 23.8 Å². The van der Waals surface area contributed by atoms with Gasteiger partial charge in [0.05, 0.1) is 19.3 Å². The van der Waals surface area contributed by atoms with Gasteiger partial charge >= 0.3 is 6.61 Å². The minimum absolute atomic E-state index is 0.0522. The first kappa shape index (κ1) is 21.2. The first-order valence-electron chi connectivity index (χ1n) is 9.83. The fourth-order valence-corrected chi connectivity index (χ4v) is 3.45. The molecule has 0 unspecified atom stereocenters. The molecule has 0 bridgehead atoms. The monoisotopic (exact) mass is 435 g/mol. The van der Waals surface area contributed by atoms with E-state index in [9.17, 15) is 8.78 Å². The fraction of sp³-hybridized carbons (Fsp3) is 0.450. The lowest BCUT2D eigenvalue weighted by Crippen LogP contribution is -2.45. The number of benzene rings is 1. The van der Waals surface area contributed by atoms with Crippen LogP contribution in [-0.4, -0.2) is 65.0 Å². The number of nitrogens with zero attached hydrogens (tertiary/aromatic N) is 5. The zero-order valence-electron chi connectivity index (χ0n) is 17.3. The summed E-state index contributed by atoms with van der Waals surface area (Å²) in [4.78, 5) is 8.99. The van der Waals surface area contributed by atoms with Crippen LogP contribution in [0.2, 0.25) is 0 Å². The predicted octanol–water partition coefficient (Wildman–Crippen LogP) is 2.96. The molecule has 0 saturated carbocycles. The zero-order valence-corrected chi connectivity index (χ0v) is 17.3. The molecule has 4 rings (SSSR count). The van der Waals surface area contributed by atoms with Crippen LogP contribution in [0.4, 0.5) is 8.78 Å². The van der Waals surface area contributed by atoms with Crippen LogP contribution in [0.25, 0.3) is 11.4 Å². The Morgan fingerprint density at radius 3 is 2.39 bits per heavy atom. The van der Waals surface area contributed by atoms with Crippen molar-refractivity contribution in [1.29, 1.82) is 0 Å². The van der Waals surface area contributed by atoms with E-state index < -0.39 is 6.61 Å². The zero-order chi connectivity index (χ0) is 21.8.